The van der Waals surface area contributed by atoms with Crippen molar-refractivity contribution in [3.63, 3.8) is 0 Å². The van der Waals surface area contributed by atoms with Crippen molar-refractivity contribution in [2.24, 2.45) is 0 Å². The van der Waals surface area contributed by atoms with E-state index in [-0.39, 0.29) is 38.5 Å². The van der Waals surface area contributed by atoms with Crippen molar-refractivity contribution in [3.05, 3.63) is 21.4 Å². The molecule has 0 aliphatic carbocycles. The maximum atomic E-state index is 13.1. The molecule has 0 aromatic carbocycles. The van der Waals surface area contributed by atoms with Gasteiger partial charge in [-0.25, -0.2) is 0 Å². The Bertz CT molecular complexity index is 579. The molecule has 0 bridgehead atoms. The van der Waals surface area contributed by atoms with Gasteiger partial charge in [-0.15, -0.1) is 11.3 Å². The number of carbonyl (C=O) groups excluding carboxylic acids is 2. The van der Waals surface area contributed by atoms with Crippen LogP contribution in [0.3, 0.4) is 0 Å². The molecule has 1 N–H and O–H groups in total. The minimum Gasteiger partial charge on any atom is -0.388 e. The minimum absolute atomic E-state index is 0. The Morgan fingerprint density at radius 1 is 1.00 bits per heavy atom. The van der Waals surface area contributed by atoms with E-state index in [1.807, 2.05) is 12.3 Å². The summed E-state index contributed by atoms with van der Waals surface area (Å²) in [7, 11) is -1.26. The largest absolute Gasteiger partial charge is 0.388 e. The maximum Gasteiger partial charge on any atom is 0.198 e. The van der Waals surface area contributed by atoms with E-state index in [0.717, 1.165) is 17.3 Å². The zero-order chi connectivity index (χ0) is 20.3. The third-order valence-electron chi connectivity index (χ3n) is 5.34. The first-order chi connectivity index (χ1) is 12.9. The van der Waals surface area contributed by atoms with Crippen molar-refractivity contribution < 1.29 is 47.4 Å². The Balaban J connectivity index is 0.00000729. The second-order valence-electron chi connectivity index (χ2n) is 7.75. The number of unbranched alkanes of at least 4 members (excludes halogenated alkanes) is 3. The van der Waals surface area contributed by atoms with Gasteiger partial charge in [0.05, 0.1) is 23.4 Å². The molecule has 0 atom stereocenters. The molecule has 1 rings (SSSR count). The maximum absolute atomic E-state index is 13.1. The van der Waals surface area contributed by atoms with Crippen molar-refractivity contribution in [1.29, 1.82) is 0 Å². The third kappa shape index (κ3) is 9.13. The monoisotopic (exact) mass is 502 g/mol. The van der Waals surface area contributed by atoms with E-state index < -0.39 is 13.9 Å². The molecule has 1 heterocycles. The standard InChI is InChI=1S/C22H38O3PS.Y/c1-5-8-11-26(12-9-6-2,13-10-7-3)16-19(24)14-20-18(4)17-27-22(20)21(25)15-23;/h17,23H,5-16H2,1-4H3;/q+1;. The smallest absolute Gasteiger partial charge is 0.198 e. The van der Waals surface area contributed by atoms with Gasteiger partial charge in [0.25, 0.3) is 0 Å². The van der Waals surface area contributed by atoms with Gasteiger partial charge >= 0.3 is 0 Å². The van der Waals surface area contributed by atoms with Crippen LogP contribution in [0.15, 0.2) is 5.38 Å². The van der Waals surface area contributed by atoms with Crippen LogP contribution in [0.2, 0.25) is 0 Å². The quantitative estimate of drug-likeness (QED) is 0.245. The average molecular weight is 502 g/mol. The van der Waals surface area contributed by atoms with Gasteiger partial charge in [-0.1, -0.05) is 40.0 Å². The zero-order valence-corrected chi connectivity index (χ0v) is 22.8. The predicted molar refractivity (Wildman–Crippen MR) is 120 cm³/mol. The van der Waals surface area contributed by atoms with Gasteiger partial charge in [-0.05, 0) is 42.7 Å². The van der Waals surface area contributed by atoms with Gasteiger partial charge in [0, 0.05) is 46.4 Å². The number of aryl methyl sites for hydroxylation is 1. The van der Waals surface area contributed by atoms with E-state index in [9.17, 15) is 14.7 Å². The molecule has 1 radical (unpaired) electrons. The van der Waals surface area contributed by atoms with E-state index in [1.165, 1.54) is 68.3 Å². The van der Waals surface area contributed by atoms with Gasteiger partial charge in [0.15, 0.2) is 11.6 Å². The molecule has 1 aromatic rings. The summed E-state index contributed by atoms with van der Waals surface area (Å²) in [4.78, 5) is 25.7. The number of aliphatic hydroxyl groups is 1. The molecule has 0 fully saturated rings. The Morgan fingerprint density at radius 3 is 1.93 bits per heavy atom. The second kappa shape index (κ2) is 15.4. The third-order valence-corrected chi connectivity index (χ3v) is 11.3. The fraction of sp³-hybridized carbons (Fsp3) is 0.727. The zero-order valence-electron chi connectivity index (χ0n) is 18.3. The van der Waals surface area contributed by atoms with E-state index in [4.69, 9.17) is 0 Å². The van der Waals surface area contributed by atoms with Gasteiger partial charge in [0.2, 0.25) is 0 Å². The van der Waals surface area contributed by atoms with Crippen LogP contribution in [-0.4, -0.2) is 47.9 Å². The molecule has 0 saturated heterocycles. The summed E-state index contributed by atoms with van der Waals surface area (Å²) < 4.78 is 0. The summed E-state index contributed by atoms with van der Waals surface area (Å²) >= 11 is 1.36. The van der Waals surface area contributed by atoms with Crippen molar-refractivity contribution in [2.75, 3.05) is 31.3 Å². The van der Waals surface area contributed by atoms with E-state index >= 15 is 0 Å². The van der Waals surface area contributed by atoms with Crippen LogP contribution in [0, 0.1) is 6.92 Å². The number of aliphatic hydroxyl groups excluding tert-OH is 1. The van der Waals surface area contributed by atoms with Crippen molar-refractivity contribution in [2.45, 2.75) is 72.6 Å². The van der Waals surface area contributed by atoms with Crippen molar-refractivity contribution >= 4 is 30.2 Å². The van der Waals surface area contributed by atoms with Gasteiger partial charge in [-0.2, -0.15) is 0 Å². The molecule has 28 heavy (non-hydrogen) atoms. The molecular weight excluding hydrogens is 464 g/mol. The molecule has 0 saturated carbocycles. The summed E-state index contributed by atoms with van der Waals surface area (Å²) in [6.45, 7) is 8.18. The molecule has 157 valence electrons. The fourth-order valence-corrected chi connectivity index (χ4v) is 9.65. The molecule has 0 unspecified atom stereocenters. The van der Waals surface area contributed by atoms with Crippen LogP contribution in [0.5, 0.6) is 0 Å². The average Bonchev–Trinajstić information content (AvgIpc) is 3.02. The molecular formula is C22H38O3PSY+. The van der Waals surface area contributed by atoms with Crippen LogP contribution in [0.4, 0.5) is 0 Å². The second-order valence-corrected chi connectivity index (χ2v) is 13.0. The van der Waals surface area contributed by atoms with Gasteiger partial charge in [0.1, 0.15) is 12.8 Å². The summed E-state index contributed by atoms with van der Waals surface area (Å²) in [5.74, 6) is 0.0278. The Labute approximate surface area is 201 Å². The van der Waals surface area contributed by atoms with Crippen LogP contribution >= 0.6 is 18.6 Å². The number of ketones is 2. The number of Topliss-reactive ketones (excluding diaryl/α,β-unsaturated/α-hetero) is 2. The first-order valence-corrected chi connectivity index (χ1v) is 13.9. The van der Waals surface area contributed by atoms with E-state index in [2.05, 4.69) is 20.8 Å². The predicted octanol–water partition coefficient (Wildman–Crippen LogP) is 5.76. The normalized spacial score (nSPS) is 11.3. The number of thiophene rings is 1. The SMILES string of the molecule is CCCC[P+](CCCC)(CCCC)CC(=O)Cc1c(C)csc1C(=O)CO.[Y]. The molecule has 0 spiro atoms. The minimum atomic E-state index is -1.26. The molecule has 3 nitrogen and oxygen atoms in total. The summed E-state index contributed by atoms with van der Waals surface area (Å²) in [6, 6.07) is 0. The van der Waals surface area contributed by atoms with E-state index in [1.54, 1.807) is 0 Å². The number of rotatable bonds is 15. The molecule has 1 aromatic heterocycles. The topological polar surface area (TPSA) is 54.4 Å². The Morgan fingerprint density at radius 2 is 1.50 bits per heavy atom. The molecule has 0 aliphatic heterocycles. The van der Waals surface area contributed by atoms with Crippen LogP contribution < -0.4 is 0 Å². The van der Waals surface area contributed by atoms with Crippen LogP contribution in [0.25, 0.3) is 0 Å². The first-order valence-electron chi connectivity index (χ1n) is 10.5. The number of hydrogen-bond acceptors (Lipinski definition) is 4. The molecule has 6 heteroatoms. The van der Waals surface area contributed by atoms with Gasteiger partial charge in [-0.3, -0.25) is 9.59 Å². The number of hydrogen-bond donors (Lipinski definition) is 1. The van der Waals surface area contributed by atoms with E-state index in [0.29, 0.717) is 17.1 Å². The number of carbonyl (C=O) groups is 2. The van der Waals surface area contributed by atoms with Crippen molar-refractivity contribution in [3.8, 4) is 0 Å². The Kier molecular flexibility index (Phi) is 15.6. The van der Waals surface area contributed by atoms with Crippen LogP contribution in [0.1, 0.15) is 80.1 Å². The van der Waals surface area contributed by atoms with Crippen LogP contribution in [-0.2, 0) is 43.9 Å². The Hall–Kier alpha value is 0.534. The fourth-order valence-electron chi connectivity index (χ4n) is 3.67. The molecule has 0 amide bonds. The van der Waals surface area contributed by atoms with Crippen molar-refractivity contribution in [1.82, 2.24) is 0 Å². The summed E-state index contributed by atoms with van der Waals surface area (Å²) in [5, 5.41) is 11.1. The summed E-state index contributed by atoms with van der Waals surface area (Å²) in [5.41, 5.74) is 1.85. The first kappa shape index (κ1) is 28.5. The van der Waals surface area contributed by atoms with Gasteiger partial charge < -0.3 is 5.11 Å². The molecule has 0 aliphatic rings. The summed E-state index contributed by atoms with van der Waals surface area (Å²) in [6.07, 6.45) is 12.0.